The molecular weight excluding hydrogens is 268 g/mol. The molecule has 0 aromatic carbocycles. The molecule has 0 bridgehead atoms. The number of methoxy groups -OCH3 is 1. The maximum atomic E-state index is 11.6. The van der Waals surface area contributed by atoms with Gasteiger partial charge in [0.1, 0.15) is 6.04 Å². The van der Waals surface area contributed by atoms with Gasteiger partial charge in [-0.2, -0.15) is 5.10 Å². The Bertz CT molecular complexity index is 401. The Balaban J connectivity index is 0.00000324. The number of nitrogens with zero attached hydrogens (tertiary/aromatic N) is 1. The zero-order valence-electron chi connectivity index (χ0n) is 11.8. The molecule has 1 amide bonds. The Morgan fingerprint density at radius 3 is 2.74 bits per heavy atom. The van der Waals surface area contributed by atoms with Gasteiger partial charge in [0.2, 0.25) is 5.91 Å². The highest BCUT2D eigenvalue weighted by atomic mass is 35.5. The minimum absolute atomic E-state index is 0. The number of rotatable bonds is 5. The summed E-state index contributed by atoms with van der Waals surface area (Å²) >= 11 is 0. The molecule has 1 aromatic rings. The number of ether oxygens (including phenoxy) is 1. The molecule has 6 nitrogen and oxygen atoms in total. The largest absolute Gasteiger partial charge is 0.383 e. The van der Waals surface area contributed by atoms with E-state index in [0.29, 0.717) is 5.82 Å². The number of amides is 1. The fourth-order valence-electron chi connectivity index (χ4n) is 1.56. The van der Waals surface area contributed by atoms with Crippen molar-refractivity contribution in [2.24, 2.45) is 11.1 Å². The number of nitrogens with one attached hydrogen (secondary N) is 2. The van der Waals surface area contributed by atoms with Gasteiger partial charge in [-0.05, 0) is 11.8 Å². The molecule has 1 unspecified atom stereocenters. The summed E-state index contributed by atoms with van der Waals surface area (Å²) in [5.41, 5.74) is 6.76. The van der Waals surface area contributed by atoms with E-state index in [1.807, 2.05) is 6.07 Å². The van der Waals surface area contributed by atoms with Crippen molar-refractivity contribution < 1.29 is 9.53 Å². The number of hydrogen-bond donors (Lipinski definition) is 3. The van der Waals surface area contributed by atoms with Gasteiger partial charge in [-0.1, -0.05) is 20.8 Å². The Labute approximate surface area is 119 Å². The lowest BCUT2D eigenvalue weighted by Crippen LogP contribution is -2.39. The predicted octanol–water partition coefficient (Wildman–Crippen LogP) is 1.33. The lowest BCUT2D eigenvalue weighted by atomic mass is 9.91. The van der Waals surface area contributed by atoms with Crippen LogP contribution in [0.4, 0.5) is 5.82 Å². The molecule has 0 fully saturated rings. The van der Waals surface area contributed by atoms with E-state index < -0.39 is 6.04 Å². The van der Waals surface area contributed by atoms with Crippen LogP contribution in [0.1, 0.15) is 26.5 Å². The fraction of sp³-hybridized carbons (Fsp3) is 0.667. The molecule has 7 heteroatoms. The van der Waals surface area contributed by atoms with Gasteiger partial charge in [-0.25, -0.2) is 0 Å². The summed E-state index contributed by atoms with van der Waals surface area (Å²) < 4.78 is 4.82. The number of carbonyl (C=O) groups is 1. The third-order valence-electron chi connectivity index (χ3n) is 2.29. The second kappa shape index (κ2) is 7.47. The average molecular weight is 291 g/mol. The van der Waals surface area contributed by atoms with Crippen LogP contribution in [-0.4, -0.2) is 35.9 Å². The number of nitrogens with two attached hydrogens (primary N) is 1. The molecular formula is C12H23ClN4O2. The SMILES string of the molecule is COCC(N)C(=O)Nc1cc(CC(C)(C)C)[nH]n1.Cl. The summed E-state index contributed by atoms with van der Waals surface area (Å²) in [7, 11) is 1.50. The van der Waals surface area contributed by atoms with Crippen molar-refractivity contribution in [1.29, 1.82) is 0 Å². The zero-order chi connectivity index (χ0) is 13.8. The number of aromatic amines is 1. The molecule has 1 atom stereocenters. The van der Waals surface area contributed by atoms with E-state index in [4.69, 9.17) is 10.5 Å². The number of halogens is 1. The van der Waals surface area contributed by atoms with Gasteiger partial charge < -0.3 is 15.8 Å². The van der Waals surface area contributed by atoms with Crippen LogP contribution in [0.25, 0.3) is 0 Å². The summed E-state index contributed by atoms with van der Waals surface area (Å²) in [5.74, 6) is 0.191. The lowest BCUT2D eigenvalue weighted by Gasteiger charge is -2.15. The van der Waals surface area contributed by atoms with E-state index in [1.165, 1.54) is 7.11 Å². The minimum atomic E-state index is -0.683. The molecule has 0 saturated carbocycles. The Kier molecular flexibility index (Phi) is 7.04. The molecule has 19 heavy (non-hydrogen) atoms. The average Bonchev–Trinajstić information content (AvgIpc) is 2.63. The van der Waals surface area contributed by atoms with Gasteiger partial charge >= 0.3 is 0 Å². The molecule has 0 spiro atoms. The number of aromatic nitrogens is 2. The van der Waals surface area contributed by atoms with Crippen molar-refractivity contribution in [3.05, 3.63) is 11.8 Å². The topological polar surface area (TPSA) is 93.0 Å². The highest BCUT2D eigenvalue weighted by Crippen LogP contribution is 2.20. The molecule has 110 valence electrons. The van der Waals surface area contributed by atoms with E-state index in [9.17, 15) is 4.79 Å². The van der Waals surface area contributed by atoms with Crippen LogP contribution in [-0.2, 0) is 16.0 Å². The summed E-state index contributed by atoms with van der Waals surface area (Å²) in [6.07, 6.45) is 0.861. The first-order valence-corrected chi connectivity index (χ1v) is 5.91. The maximum Gasteiger partial charge on any atom is 0.244 e. The van der Waals surface area contributed by atoms with Crippen LogP contribution in [0.3, 0.4) is 0 Å². The smallest absolute Gasteiger partial charge is 0.244 e. The first kappa shape index (κ1) is 17.9. The van der Waals surface area contributed by atoms with Crippen LogP contribution < -0.4 is 11.1 Å². The minimum Gasteiger partial charge on any atom is -0.383 e. The lowest BCUT2D eigenvalue weighted by molar-refractivity contribution is -0.118. The van der Waals surface area contributed by atoms with Crippen LogP contribution >= 0.6 is 12.4 Å². The molecule has 0 saturated heterocycles. The standard InChI is InChI=1S/C12H22N4O2.ClH/c1-12(2,3)6-8-5-10(16-15-8)14-11(17)9(13)7-18-4;/h5,9H,6-7,13H2,1-4H3,(H2,14,15,16,17);1H. The quantitative estimate of drug-likeness (QED) is 0.763. The van der Waals surface area contributed by atoms with Gasteiger partial charge in [-0.15, -0.1) is 12.4 Å². The Hall–Kier alpha value is -1.11. The Morgan fingerprint density at radius 1 is 1.58 bits per heavy atom. The molecule has 0 aliphatic rings. The Morgan fingerprint density at radius 2 is 2.21 bits per heavy atom. The summed E-state index contributed by atoms with van der Waals surface area (Å²) in [4.78, 5) is 11.6. The number of H-pyrrole nitrogens is 1. The normalized spacial score (nSPS) is 12.7. The summed E-state index contributed by atoms with van der Waals surface area (Å²) in [6, 6.07) is 1.14. The van der Waals surface area contributed by atoms with E-state index in [-0.39, 0.29) is 30.3 Å². The highest BCUT2D eigenvalue weighted by Gasteiger charge is 2.16. The van der Waals surface area contributed by atoms with Gasteiger partial charge in [0.05, 0.1) is 6.61 Å². The van der Waals surface area contributed by atoms with Crippen LogP contribution in [0.5, 0.6) is 0 Å². The fourth-order valence-corrected chi connectivity index (χ4v) is 1.56. The van der Waals surface area contributed by atoms with Gasteiger partial charge in [0.25, 0.3) is 0 Å². The monoisotopic (exact) mass is 290 g/mol. The van der Waals surface area contributed by atoms with E-state index >= 15 is 0 Å². The van der Waals surface area contributed by atoms with E-state index in [0.717, 1.165) is 12.1 Å². The van der Waals surface area contributed by atoms with Crippen molar-refractivity contribution in [3.8, 4) is 0 Å². The zero-order valence-corrected chi connectivity index (χ0v) is 12.6. The molecule has 0 aliphatic carbocycles. The molecule has 0 aliphatic heterocycles. The molecule has 4 N–H and O–H groups in total. The first-order valence-electron chi connectivity index (χ1n) is 5.91. The van der Waals surface area contributed by atoms with Gasteiger partial charge in [-0.3, -0.25) is 9.89 Å². The van der Waals surface area contributed by atoms with Gasteiger partial charge in [0, 0.05) is 18.9 Å². The van der Waals surface area contributed by atoms with Crippen LogP contribution in [0.15, 0.2) is 6.07 Å². The molecule has 1 rings (SSSR count). The predicted molar refractivity (Wildman–Crippen MR) is 77.5 cm³/mol. The van der Waals surface area contributed by atoms with Crippen molar-refractivity contribution >= 4 is 24.1 Å². The second-order valence-electron chi connectivity index (χ2n) is 5.57. The molecule has 1 heterocycles. The van der Waals surface area contributed by atoms with E-state index in [1.54, 1.807) is 0 Å². The molecule has 0 radical (unpaired) electrons. The highest BCUT2D eigenvalue weighted by molar-refractivity contribution is 5.93. The third-order valence-corrected chi connectivity index (χ3v) is 2.29. The van der Waals surface area contributed by atoms with E-state index in [2.05, 4.69) is 36.3 Å². The number of hydrogen-bond acceptors (Lipinski definition) is 4. The van der Waals surface area contributed by atoms with Crippen molar-refractivity contribution in [1.82, 2.24) is 10.2 Å². The first-order chi connectivity index (χ1) is 8.31. The number of carbonyl (C=O) groups excluding carboxylic acids is 1. The van der Waals surface area contributed by atoms with Crippen LogP contribution in [0.2, 0.25) is 0 Å². The van der Waals surface area contributed by atoms with Crippen molar-refractivity contribution in [2.75, 3.05) is 19.0 Å². The summed E-state index contributed by atoms with van der Waals surface area (Å²) in [5, 5.41) is 9.58. The van der Waals surface area contributed by atoms with Crippen LogP contribution in [0, 0.1) is 5.41 Å². The van der Waals surface area contributed by atoms with Crippen molar-refractivity contribution in [2.45, 2.75) is 33.2 Å². The molecule has 1 aromatic heterocycles. The summed E-state index contributed by atoms with van der Waals surface area (Å²) in [6.45, 7) is 6.60. The number of anilines is 1. The third kappa shape index (κ3) is 6.56. The van der Waals surface area contributed by atoms with Gasteiger partial charge in [0.15, 0.2) is 5.82 Å². The van der Waals surface area contributed by atoms with Crippen molar-refractivity contribution in [3.63, 3.8) is 0 Å². The maximum absolute atomic E-state index is 11.6. The second-order valence-corrected chi connectivity index (χ2v) is 5.57.